The molecule has 1 aliphatic heterocycles. The second-order valence-electron chi connectivity index (χ2n) is 7.98. The van der Waals surface area contributed by atoms with Crippen molar-refractivity contribution in [3.8, 4) is 22.4 Å². The number of fused-ring (bicyclic) bond motifs is 6. The van der Waals surface area contributed by atoms with Gasteiger partial charge in [0.15, 0.2) is 11.7 Å². The van der Waals surface area contributed by atoms with Crippen LogP contribution >= 0.6 is 0 Å². The standard InChI is InChI=1S/C24H24N.C2H6/c1-4-24-16-23(24,3)21-13-12-19(18-10-8-17(2)9-11-18)15-20(21)22-7-5-6-14-25(22)24;1-2/h5-15H,4,16H2,1-3H3;1-2H3/q+1;/t23?,24-;/m0./s1. The fourth-order valence-corrected chi connectivity index (χ4v) is 5.12. The van der Waals surface area contributed by atoms with Crippen LogP contribution in [0.25, 0.3) is 22.4 Å². The van der Waals surface area contributed by atoms with Crippen LogP contribution in [-0.4, -0.2) is 0 Å². The number of rotatable bonds is 2. The summed E-state index contributed by atoms with van der Waals surface area (Å²) >= 11 is 0. The van der Waals surface area contributed by atoms with Crippen LogP contribution in [0.2, 0.25) is 0 Å². The first-order valence-corrected chi connectivity index (χ1v) is 10.3. The molecule has 1 nitrogen and oxygen atoms in total. The van der Waals surface area contributed by atoms with E-state index in [4.69, 9.17) is 0 Å². The molecule has 1 aliphatic carbocycles. The van der Waals surface area contributed by atoms with Crippen molar-refractivity contribution in [3.05, 3.63) is 78.0 Å². The first-order valence-electron chi connectivity index (χ1n) is 10.3. The highest BCUT2D eigenvalue weighted by atomic mass is 15.1. The van der Waals surface area contributed by atoms with Crippen LogP contribution in [0.5, 0.6) is 0 Å². The fraction of sp³-hybridized carbons (Fsp3) is 0.346. The number of benzene rings is 2. The summed E-state index contributed by atoms with van der Waals surface area (Å²) in [6, 6.07) is 22.6. The van der Waals surface area contributed by atoms with Crippen molar-refractivity contribution < 1.29 is 4.57 Å². The maximum Gasteiger partial charge on any atom is 0.213 e. The van der Waals surface area contributed by atoms with Crippen LogP contribution in [0, 0.1) is 6.92 Å². The van der Waals surface area contributed by atoms with Crippen molar-refractivity contribution in [2.45, 2.75) is 58.4 Å². The Kier molecular flexibility index (Phi) is 4.22. The second kappa shape index (κ2) is 6.34. The summed E-state index contributed by atoms with van der Waals surface area (Å²) in [7, 11) is 0. The minimum Gasteiger partial charge on any atom is -0.192 e. The minimum absolute atomic E-state index is 0.266. The number of hydrogen-bond donors (Lipinski definition) is 0. The van der Waals surface area contributed by atoms with Gasteiger partial charge in [-0.25, -0.2) is 0 Å². The Morgan fingerprint density at radius 1 is 0.926 bits per heavy atom. The molecule has 2 heterocycles. The van der Waals surface area contributed by atoms with Crippen molar-refractivity contribution >= 4 is 0 Å². The molecule has 1 saturated carbocycles. The molecular weight excluding hydrogens is 326 g/mol. The average molecular weight is 357 g/mol. The lowest BCUT2D eigenvalue weighted by Gasteiger charge is -2.27. The maximum atomic E-state index is 2.55. The monoisotopic (exact) mass is 356 g/mol. The molecular formula is C26H30N+. The van der Waals surface area contributed by atoms with E-state index in [-0.39, 0.29) is 11.0 Å². The molecule has 27 heavy (non-hydrogen) atoms. The summed E-state index contributed by atoms with van der Waals surface area (Å²) in [6.45, 7) is 10.9. The molecule has 1 heteroatoms. The normalized spacial score (nSPS) is 24.0. The molecule has 1 fully saturated rings. The molecule has 3 aromatic rings. The SMILES string of the molecule is CC.CC[C@]12CC1(C)c1ccc(-c3ccc(C)cc3)cc1-c1cccc[n+]12. The highest BCUT2D eigenvalue weighted by Gasteiger charge is 2.75. The summed E-state index contributed by atoms with van der Waals surface area (Å²) in [5.74, 6) is 0. The van der Waals surface area contributed by atoms with Gasteiger partial charge in [-0.2, -0.15) is 4.57 Å². The van der Waals surface area contributed by atoms with E-state index in [9.17, 15) is 0 Å². The van der Waals surface area contributed by atoms with Crippen molar-refractivity contribution in [2.75, 3.05) is 0 Å². The quantitative estimate of drug-likeness (QED) is 0.466. The van der Waals surface area contributed by atoms with Crippen LogP contribution in [0.15, 0.2) is 66.9 Å². The summed E-state index contributed by atoms with van der Waals surface area (Å²) < 4.78 is 2.55. The second-order valence-corrected chi connectivity index (χ2v) is 7.98. The van der Waals surface area contributed by atoms with Crippen LogP contribution in [-0.2, 0) is 11.0 Å². The fourth-order valence-electron chi connectivity index (χ4n) is 5.12. The molecule has 2 atom stereocenters. The van der Waals surface area contributed by atoms with Crippen molar-refractivity contribution in [3.63, 3.8) is 0 Å². The summed E-state index contributed by atoms with van der Waals surface area (Å²) in [5.41, 5.74) is 8.74. The molecule has 5 rings (SSSR count). The summed E-state index contributed by atoms with van der Waals surface area (Å²) in [5, 5.41) is 0. The van der Waals surface area contributed by atoms with Crippen molar-refractivity contribution in [2.24, 2.45) is 0 Å². The lowest BCUT2D eigenvalue weighted by Crippen LogP contribution is -2.54. The molecule has 0 saturated heterocycles. The van der Waals surface area contributed by atoms with E-state index in [0.29, 0.717) is 0 Å². The Morgan fingerprint density at radius 3 is 2.33 bits per heavy atom. The lowest BCUT2D eigenvalue weighted by molar-refractivity contribution is -0.735. The number of aromatic nitrogens is 1. The molecule has 2 aliphatic rings. The average Bonchev–Trinajstić information content (AvgIpc) is 3.38. The van der Waals surface area contributed by atoms with Gasteiger partial charge in [0.1, 0.15) is 0 Å². The van der Waals surface area contributed by atoms with E-state index < -0.39 is 0 Å². The van der Waals surface area contributed by atoms with Crippen LogP contribution in [0.4, 0.5) is 0 Å². The van der Waals surface area contributed by atoms with E-state index in [1.54, 1.807) is 0 Å². The summed E-state index contributed by atoms with van der Waals surface area (Å²) in [4.78, 5) is 0. The number of pyridine rings is 1. The Bertz CT molecular complexity index is 985. The van der Waals surface area contributed by atoms with Gasteiger partial charge in [0.25, 0.3) is 0 Å². The minimum atomic E-state index is 0.266. The Hall–Kier alpha value is -2.41. The van der Waals surface area contributed by atoms with Gasteiger partial charge in [0.2, 0.25) is 5.69 Å². The third-order valence-electron chi connectivity index (χ3n) is 6.73. The molecule has 0 amide bonds. The van der Waals surface area contributed by atoms with Gasteiger partial charge in [0.05, 0.1) is 11.0 Å². The maximum absolute atomic E-state index is 2.55. The van der Waals surface area contributed by atoms with Crippen LogP contribution in [0.1, 0.15) is 51.7 Å². The van der Waals surface area contributed by atoms with Gasteiger partial charge in [-0.05, 0) is 42.7 Å². The van der Waals surface area contributed by atoms with E-state index in [0.717, 1.165) is 0 Å². The molecule has 0 radical (unpaired) electrons. The largest absolute Gasteiger partial charge is 0.213 e. The van der Waals surface area contributed by atoms with Gasteiger partial charge >= 0.3 is 0 Å². The van der Waals surface area contributed by atoms with E-state index >= 15 is 0 Å². The zero-order chi connectivity index (χ0) is 19.2. The third kappa shape index (κ3) is 2.41. The Labute approximate surface area is 163 Å². The molecule has 2 aromatic carbocycles. The zero-order valence-electron chi connectivity index (χ0n) is 17.2. The molecule has 1 unspecified atom stereocenters. The van der Waals surface area contributed by atoms with Crippen LogP contribution in [0.3, 0.4) is 0 Å². The van der Waals surface area contributed by atoms with E-state index in [1.807, 2.05) is 13.8 Å². The smallest absolute Gasteiger partial charge is 0.192 e. The first-order chi connectivity index (χ1) is 13.1. The Balaban J connectivity index is 0.000000872. The van der Waals surface area contributed by atoms with E-state index in [1.165, 1.54) is 46.4 Å². The number of hydrogen-bond acceptors (Lipinski definition) is 0. The van der Waals surface area contributed by atoms with Gasteiger partial charge in [-0.1, -0.05) is 62.7 Å². The molecule has 1 aromatic heterocycles. The van der Waals surface area contributed by atoms with E-state index in [2.05, 4.69) is 92.2 Å². The summed E-state index contributed by atoms with van der Waals surface area (Å²) in [6.07, 6.45) is 4.71. The van der Waals surface area contributed by atoms with Gasteiger partial charge < -0.3 is 0 Å². The highest BCUT2D eigenvalue weighted by molar-refractivity contribution is 5.76. The van der Waals surface area contributed by atoms with Crippen molar-refractivity contribution in [1.82, 2.24) is 0 Å². The first kappa shape index (κ1) is 18.0. The van der Waals surface area contributed by atoms with Gasteiger partial charge in [-0.3, -0.25) is 0 Å². The Morgan fingerprint density at radius 2 is 1.63 bits per heavy atom. The predicted octanol–water partition coefficient (Wildman–Crippen LogP) is 6.42. The van der Waals surface area contributed by atoms with Crippen LogP contribution < -0.4 is 4.57 Å². The molecule has 138 valence electrons. The lowest BCUT2D eigenvalue weighted by atomic mass is 9.81. The molecule has 0 spiro atoms. The number of nitrogens with zero attached hydrogens (tertiary/aromatic N) is 1. The molecule has 0 bridgehead atoms. The highest BCUT2D eigenvalue weighted by Crippen LogP contribution is 2.65. The molecule has 0 N–H and O–H groups in total. The third-order valence-corrected chi connectivity index (χ3v) is 6.73. The van der Waals surface area contributed by atoms with Gasteiger partial charge in [0, 0.05) is 25.0 Å². The van der Waals surface area contributed by atoms with Crippen molar-refractivity contribution in [1.29, 1.82) is 0 Å². The van der Waals surface area contributed by atoms with Gasteiger partial charge in [-0.15, -0.1) is 0 Å². The zero-order valence-corrected chi connectivity index (χ0v) is 17.2. The topological polar surface area (TPSA) is 3.88 Å². The predicted molar refractivity (Wildman–Crippen MR) is 114 cm³/mol. The number of aryl methyl sites for hydroxylation is 1.